The summed E-state index contributed by atoms with van der Waals surface area (Å²) in [7, 11) is 0. The molecule has 1 aromatic heterocycles. The summed E-state index contributed by atoms with van der Waals surface area (Å²) in [6.07, 6.45) is 6.42. The highest BCUT2D eigenvalue weighted by atomic mass is 16.5. The summed E-state index contributed by atoms with van der Waals surface area (Å²) in [6.45, 7) is 6.98. The van der Waals surface area contributed by atoms with E-state index in [9.17, 15) is 14.4 Å². The number of piperidine rings is 2. The molecule has 2 fully saturated rings. The Kier molecular flexibility index (Phi) is 6.37. The van der Waals surface area contributed by atoms with Gasteiger partial charge in [0.2, 0.25) is 5.91 Å². The second-order valence-electron chi connectivity index (χ2n) is 8.84. The lowest BCUT2D eigenvalue weighted by Gasteiger charge is -2.40. The molecule has 1 N–H and O–H groups in total. The highest BCUT2D eigenvalue weighted by Crippen LogP contribution is 2.29. The van der Waals surface area contributed by atoms with E-state index in [1.165, 1.54) is 4.90 Å². The van der Waals surface area contributed by atoms with Crippen LogP contribution in [0.15, 0.2) is 35.1 Å². The maximum Gasteiger partial charge on any atom is 0.310 e. The van der Waals surface area contributed by atoms with Crippen LogP contribution in [-0.2, 0) is 20.9 Å². The van der Waals surface area contributed by atoms with Crippen molar-refractivity contribution in [1.29, 1.82) is 0 Å². The molecule has 3 aliphatic rings. The van der Waals surface area contributed by atoms with Crippen molar-refractivity contribution in [2.75, 3.05) is 39.3 Å². The van der Waals surface area contributed by atoms with Crippen LogP contribution in [0.3, 0.4) is 0 Å². The van der Waals surface area contributed by atoms with Gasteiger partial charge in [-0.1, -0.05) is 6.07 Å². The Morgan fingerprint density at radius 1 is 1.27 bits per heavy atom. The first-order valence-electron chi connectivity index (χ1n) is 11.2. The van der Waals surface area contributed by atoms with Gasteiger partial charge in [0, 0.05) is 49.3 Å². The van der Waals surface area contributed by atoms with Crippen LogP contribution in [0.4, 0.5) is 0 Å². The molecular formula is C23H32N3O4+. The van der Waals surface area contributed by atoms with E-state index in [4.69, 9.17) is 4.74 Å². The molecule has 2 bridgehead atoms. The van der Waals surface area contributed by atoms with Crippen LogP contribution >= 0.6 is 0 Å². The van der Waals surface area contributed by atoms with E-state index >= 15 is 0 Å². The molecule has 0 aliphatic carbocycles. The Labute approximate surface area is 177 Å². The zero-order valence-corrected chi connectivity index (χ0v) is 17.7. The topological polar surface area (TPSA) is 73.1 Å². The zero-order valence-electron chi connectivity index (χ0n) is 17.7. The fourth-order valence-corrected chi connectivity index (χ4v) is 5.35. The number of nitrogens with one attached hydrogen (secondary N) is 1. The summed E-state index contributed by atoms with van der Waals surface area (Å²) in [5.74, 6) is 0.521. The second kappa shape index (κ2) is 9.16. The van der Waals surface area contributed by atoms with Gasteiger partial charge < -0.3 is 19.1 Å². The van der Waals surface area contributed by atoms with Gasteiger partial charge in [0.15, 0.2) is 0 Å². The Bertz CT molecular complexity index is 877. The zero-order chi connectivity index (χ0) is 21.1. The van der Waals surface area contributed by atoms with E-state index in [-0.39, 0.29) is 23.4 Å². The van der Waals surface area contributed by atoms with Crippen molar-refractivity contribution in [3.8, 4) is 0 Å². The molecule has 0 spiro atoms. The molecule has 4 rings (SSSR count). The maximum absolute atomic E-state index is 12.6. The van der Waals surface area contributed by atoms with Gasteiger partial charge in [0.05, 0.1) is 32.2 Å². The molecule has 30 heavy (non-hydrogen) atoms. The Morgan fingerprint density at radius 3 is 2.97 bits per heavy atom. The average molecular weight is 415 g/mol. The van der Waals surface area contributed by atoms with E-state index < -0.39 is 0 Å². The number of ether oxygens (including phenoxy) is 1. The second-order valence-corrected chi connectivity index (χ2v) is 8.84. The third-order valence-corrected chi connectivity index (χ3v) is 6.69. The first-order valence-corrected chi connectivity index (χ1v) is 11.2. The number of carbonyl (C=O) groups excluding carboxylic acids is 2. The highest BCUT2D eigenvalue weighted by Gasteiger charge is 2.36. The Balaban J connectivity index is 1.31. The quantitative estimate of drug-likeness (QED) is 0.552. The van der Waals surface area contributed by atoms with Crippen LogP contribution in [0.5, 0.6) is 0 Å². The number of amides is 1. The third kappa shape index (κ3) is 4.51. The number of hydrogen-bond donors (Lipinski definition) is 1. The van der Waals surface area contributed by atoms with Crippen LogP contribution in [0, 0.1) is 11.8 Å². The fraction of sp³-hybridized carbons (Fsp3) is 0.609. The molecule has 4 heterocycles. The minimum atomic E-state index is -0.202. The van der Waals surface area contributed by atoms with Gasteiger partial charge in [0.1, 0.15) is 0 Å². The molecule has 162 valence electrons. The number of nitrogens with zero attached hydrogens (tertiary/aromatic N) is 2. The van der Waals surface area contributed by atoms with Crippen molar-refractivity contribution in [3.05, 3.63) is 46.4 Å². The van der Waals surface area contributed by atoms with E-state index in [0.717, 1.165) is 51.1 Å². The van der Waals surface area contributed by atoms with Crippen LogP contribution in [0.25, 0.3) is 0 Å². The number of rotatable bonds is 5. The van der Waals surface area contributed by atoms with Crippen molar-refractivity contribution < 1.29 is 19.2 Å². The standard InChI is InChI=1S/C23H31N3O4/c1-2-30-23(29)18-6-4-11-25(16-18)21(27)9-5-10-24-13-17-12-19(15-24)20-7-3-8-22(28)26(20)14-17/h3,5,7-9,17-19H,2,4,6,10-16H2,1H3/p+1/b9-5+/t17-,18+,19+/m0/s1. The van der Waals surface area contributed by atoms with Gasteiger partial charge >= 0.3 is 5.97 Å². The Hall–Kier alpha value is -2.41. The SMILES string of the molecule is CCOC(=O)[C@@H]1CCCN(C(=O)/C=C/C[NH+]2C[C@@H]3C[C@H](C2)c2cccc(=O)n2C3)C1. The van der Waals surface area contributed by atoms with Crippen LogP contribution < -0.4 is 10.5 Å². The molecule has 4 atom stereocenters. The smallest absolute Gasteiger partial charge is 0.310 e. The van der Waals surface area contributed by atoms with Gasteiger partial charge in [-0.3, -0.25) is 14.4 Å². The molecule has 0 radical (unpaired) electrons. The summed E-state index contributed by atoms with van der Waals surface area (Å²) in [5, 5.41) is 0. The molecule has 7 heteroatoms. The number of pyridine rings is 1. The summed E-state index contributed by atoms with van der Waals surface area (Å²) in [4.78, 5) is 40.0. The minimum Gasteiger partial charge on any atom is -0.466 e. The van der Waals surface area contributed by atoms with Crippen LogP contribution in [0.2, 0.25) is 0 Å². The predicted molar refractivity (Wildman–Crippen MR) is 112 cm³/mol. The first kappa shape index (κ1) is 20.8. The number of hydrogen-bond acceptors (Lipinski definition) is 4. The monoisotopic (exact) mass is 414 g/mol. The van der Waals surface area contributed by atoms with Gasteiger partial charge in [0.25, 0.3) is 5.56 Å². The molecule has 1 aromatic rings. The average Bonchev–Trinajstić information content (AvgIpc) is 2.75. The van der Waals surface area contributed by atoms with Crippen molar-refractivity contribution >= 4 is 11.9 Å². The number of carbonyl (C=O) groups is 2. The summed E-state index contributed by atoms with van der Waals surface area (Å²) in [5.41, 5.74) is 1.27. The van der Waals surface area contributed by atoms with E-state index in [1.807, 2.05) is 16.7 Å². The van der Waals surface area contributed by atoms with Crippen molar-refractivity contribution in [1.82, 2.24) is 9.47 Å². The fourth-order valence-electron chi connectivity index (χ4n) is 5.35. The largest absolute Gasteiger partial charge is 0.466 e. The van der Waals surface area contributed by atoms with Crippen LogP contribution in [-0.4, -0.2) is 60.7 Å². The third-order valence-electron chi connectivity index (χ3n) is 6.69. The van der Waals surface area contributed by atoms with Gasteiger partial charge in [-0.05, 0) is 38.3 Å². The molecule has 2 saturated heterocycles. The molecule has 0 saturated carbocycles. The summed E-state index contributed by atoms with van der Waals surface area (Å²) < 4.78 is 7.07. The van der Waals surface area contributed by atoms with Gasteiger partial charge in [-0.2, -0.15) is 0 Å². The van der Waals surface area contributed by atoms with E-state index in [2.05, 4.69) is 6.07 Å². The van der Waals surface area contributed by atoms with Crippen molar-refractivity contribution in [2.24, 2.45) is 11.8 Å². The summed E-state index contributed by atoms with van der Waals surface area (Å²) >= 11 is 0. The molecule has 3 aliphatic heterocycles. The number of aromatic nitrogens is 1. The molecular weight excluding hydrogens is 382 g/mol. The summed E-state index contributed by atoms with van der Waals surface area (Å²) in [6, 6.07) is 5.60. The van der Waals surface area contributed by atoms with Gasteiger partial charge in [-0.25, -0.2) is 0 Å². The lowest BCUT2D eigenvalue weighted by Crippen LogP contribution is -3.14. The number of likely N-dealkylation sites (tertiary alicyclic amines) is 2. The molecule has 1 unspecified atom stereocenters. The highest BCUT2D eigenvalue weighted by molar-refractivity contribution is 5.88. The number of quaternary nitrogens is 1. The Morgan fingerprint density at radius 2 is 2.13 bits per heavy atom. The van der Waals surface area contributed by atoms with Crippen LogP contribution in [0.1, 0.15) is 37.8 Å². The maximum atomic E-state index is 12.6. The molecule has 7 nitrogen and oxygen atoms in total. The lowest BCUT2D eigenvalue weighted by atomic mass is 9.83. The number of fused-ring (bicyclic) bond motifs is 4. The minimum absolute atomic E-state index is 0.0162. The number of esters is 1. The predicted octanol–water partition coefficient (Wildman–Crippen LogP) is 0.208. The van der Waals surface area contributed by atoms with Crippen molar-refractivity contribution in [2.45, 2.75) is 38.6 Å². The molecule has 1 amide bonds. The van der Waals surface area contributed by atoms with Crippen molar-refractivity contribution in [3.63, 3.8) is 0 Å². The normalized spacial score (nSPS) is 28.2. The van der Waals surface area contributed by atoms with Gasteiger partial charge in [-0.15, -0.1) is 0 Å². The first-order chi connectivity index (χ1) is 14.5. The van der Waals surface area contributed by atoms with E-state index in [1.54, 1.807) is 24.0 Å². The molecule has 0 aromatic carbocycles. The lowest BCUT2D eigenvalue weighted by molar-refractivity contribution is -0.905. The van der Waals surface area contributed by atoms with E-state index in [0.29, 0.717) is 31.5 Å².